The van der Waals surface area contributed by atoms with Crippen molar-refractivity contribution in [2.75, 3.05) is 16.8 Å². The molecule has 1 N–H and O–H groups in total. The highest BCUT2D eigenvalue weighted by Crippen LogP contribution is 2.25. The summed E-state index contributed by atoms with van der Waals surface area (Å²) in [6.45, 7) is 4.68. The molecule has 0 bridgehead atoms. The molecule has 0 aliphatic carbocycles. The zero-order valence-corrected chi connectivity index (χ0v) is 13.9. The van der Waals surface area contributed by atoms with Crippen molar-refractivity contribution in [2.24, 2.45) is 0 Å². The van der Waals surface area contributed by atoms with Crippen molar-refractivity contribution < 1.29 is 8.78 Å². The van der Waals surface area contributed by atoms with Gasteiger partial charge < -0.3 is 10.2 Å². The molecule has 0 aliphatic heterocycles. The topological polar surface area (TPSA) is 53.9 Å². The van der Waals surface area contributed by atoms with E-state index in [-0.39, 0.29) is 11.6 Å². The molecule has 0 fully saturated rings. The fourth-order valence-corrected chi connectivity index (χ4v) is 2.46. The Bertz CT molecular complexity index is 885. The fourth-order valence-electron chi connectivity index (χ4n) is 2.46. The van der Waals surface area contributed by atoms with Crippen LogP contribution < -0.4 is 10.2 Å². The zero-order valence-electron chi connectivity index (χ0n) is 13.9. The summed E-state index contributed by atoms with van der Waals surface area (Å²) in [5.74, 6) is -0.658. The van der Waals surface area contributed by atoms with Crippen LogP contribution in [0.2, 0.25) is 0 Å². The maximum atomic E-state index is 13.8. The summed E-state index contributed by atoms with van der Waals surface area (Å²) in [5.41, 5.74) is 2.19. The summed E-state index contributed by atoms with van der Waals surface area (Å²) >= 11 is 0. The molecule has 3 aromatic rings. The summed E-state index contributed by atoms with van der Waals surface area (Å²) in [6, 6.07) is 11.2. The summed E-state index contributed by atoms with van der Waals surface area (Å²) in [6.07, 6.45) is 1.54. The maximum Gasteiger partial charge on any atom is 0.249 e. The molecule has 0 saturated heterocycles. The van der Waals surface area contributed by atoms with E-state index in [4.69, 9.17) is 0 Å². The van der Waals surface area contributed by atoms with Crippen molar-refractivity contribution in [1.82, 2.24) is 15.2 Å². The van der Waals surface area contributed by atoms with E-state index in [1.54, 1.807) is 0 Å². The van der Waals surface area contributed by atoms with Gasteiger partial charge in [-0.15, -0.1) is 5.10 Å². The molecular weight excluding hydrogens is 324 g/mol. The van der Waals surface area contributed by atoms with Gasteiger partial charge in [0.15, 0.2) is 5.82 Å². The number of nitrogens with zero attached hydrogens (tertiary/aromatic N) is 4. The predicted molar refractivity (Wildman–Crippen MR) is 93.3 cm³/mol. The number of anilines is 4. The lowest BCUT2D eigenvalue weighted by molar-refractivity contribution is 0.586. The van der Waals surface area contributed by atoms with Crippen molar-refractivity contribution in [1.29, 1.82) is 0 Å². The van der Waals surface area contributed by atoms with Crippen molar-refractivity contribution >= 4 is 23.1 Å². The van der Waals surface area contributed by atoms with E-state index in [0.29, 0.717) is 12.4 Å². The number of aromatic nitrogens is 3. The van der Waals surface area contributed by atoms with Crippen molar-refractivity contribution in [3.05, 3.63) is 65.9 Å². The minimum atomic E-state index is -0.722. The molecule has 0 unspecified atom stereocenters. The SMILES string of the molecule is CCN(c1cccc(C)c1)c1cnnc(Nc2ccc(F)cc2F)n1. The van der Waals surface area contributed by atoms with Gasteiger partial charge in [-0.3, -0.25) is 0 Å². The van der Waals surface area contributed by atoms with Crippen LogP contribution in [-0.2, 0) is 0 Å². The molecule has 0 saturated carbocycles. The number of halogens is 2. The molecule has 2 aromatic carbocycles. The second-order valence-corrected chi connectivity index (χ2v) is 5.47. The second-order valence-electron chi connectivity index (χ2n) is 5.47. The van der Waals surface area contributed by atoms with Crippen molar-refractivity contribution in [2.45, 2.75) is 13.8 Å². The van der Waals surface area contributed by atoms with Crippen LogP contribution >= 0.6 is 0 Å². The van der Waals surface area contributed by atoms with Gasteiger partial charge in [-0.05, 0) is 43.7 Å². The third-order valence-electron chi connectivity index (χ3n) is 3.63. The third kappa shape index (κ3) is 3.88. The lowest BCUT2D eigenvalue weighted by Crippen LogP contribution is -2.18. The van der Waals surface area contributed by atoms with Crippen LogP contribution in [0.25, 0.3) is 0 Å². The van der Waals surface area contributed by atoms with Crippen LogP contribution in [0.15, 0.2) is 48.7 Å². The second kappa shape index (κ2) is 7.21. The first kappa shape index (κ1) is 16.8. The van der Waals surface area contributed by atoms with Gasteiger partial charge in [-0.2, -0.15) is 10.1 Å². The first-order valence-corrected chi connectivity index (χ1v) is 7.83. The Balaban J connectivity index is 1.90. The largest absolute Gasteiger partial charge is 0.325 e. The highest BCUT2D eigenvalue weighted by Gasteiger charge is 2.12. The Labute approximate surface area is 144 Å². The Morgan fingerprint density at radius 2 is 1.96 bits per heavy atom. The van der Waals surface area contributed by atoms with Gasteiger partial charge >= 0.3 is 0 Å². The molecule has 3 rings (SSSR count). The third-order valence-corrected chi connectivity index (χ3v) is 3.63. The Morgan fingerprint density at radius 1 is 1.12 bits per heavy atom. The molecule has 0 atom stereocenters. The smallest absolute Gasteiger partial charge is 0.249 e. The maximum absolute atomic E-state index is 13.8. The Kier molecular flexibility index (Phi) is 4.83. The van der Waals surface area contributed by atoms with E-state index in [0.717, 1.165) is 23.4 Å². The number of benzene rings is 2. The average molecular weight is 341 g/mol. The molecule has 0 aliphatic rings. The minimum Gasteiger partial charge on any atom is -0.325 e. The molecule has 5 nitrogen and oxygen atoms in total. The number of hydrogen-bond donors (Lipinski definition) is 1. The predicted octanol–water partition coefficient (Wildman–Crippen LogP) is 4.36. The van der Waals surface area contributed by atoms with Gasteiger partial charge in [0.2, 0.25) is 5.95 Å². The van der Waals surface area contributed by atoms with Gasteiger partial charge in [0.05, 0.1) is 11.9 Å². The van der Waals surface area contributed by atoms with Crippen LogP contribution in [-0.4, -0.2) is 21.7 Å². The number of nitrogens with one attached hydrogen (secondary N) is 1. The summed E-state index contributed by atoms with van der Waals surface area (Å²) < 4.78 is 26.8. The monoisotopic (exact) mass is 341 g/mol. The Hall–Kier alpha value is -3.09. The van der Waals surface area contributed by atoms with E-state index in [2.05, 4.69) is 20.5 Å². The van der Waals surface area contributed by atoms with Gasteiger partial charge in [0.25, 0.3) is 0 Å². The van der Waals surface area contributed by atoms with E-state index in [1.807, 2.05) is 43.0 Å². The molecule has 128 valence electrons. The van der Waals surface area contributed by atoms with Crippen LogP contribution in [0, 0.1) is 18.6 Å². The highest BCUT2D eigenvalue weighted by molar-refractivity contribution is 5.62. The molecule has 25 heavy (non-hydrogen) atoms. The van der Waals surface area contributed by atoms with E-state index < -0.39 is 11.6 Å². The normalized spacial score (nSPS) is 10.6. The zero-order chi connectivity index (χ0) is 17.8. The molecule has 0 radical (unpaired) electrons. The van der Waals surface area contributed by atoms with E-state index in [1.165, 1.54) is 12.3 Å². The number of aryl methyl sites for hydroxylation is 1. The Morgan fingerprint density at radius 3 is 2.68 bits per heavy atom. The summed E-state index contributed by atoms with van der Waals surface area (Å²) in [4.78, 5) is 6.36. The first-order chi connectivity index (χ1) is 12.1. The van der Waals surface area contributed by atoms with E-state index >= 15 is 0 Å². The van der Waals surface area contributed by atoms with Crippen LogP contribution in [0.5, 0.6) is 0 Å². The standard InChI is InChI=1S/C18H17F2N5/c1-3-25(14-6-4-5-12(2)9-14)17-11-21-24-18(23-17)22-16-8-7-13(19)10-15(16)20/h4-11H,3H2,1-2H3,(H,22,23,24). The van der Waals surface area contributed by atoms with Crippen LogP contribution in [0.1, 0.15) is 12.5 Å². The van der Waals surface area contributed by atoms with Gasteiger partial charge in [0, 0.05) is 18.3 Å². The number of hydrogen-bond acceptors (Lipinski definition) is 5. The fraction of sp³-hybridized carbons (Fsp3) is 0.167. The molecule has 0 spiro atoms. The summed E-state index contributed by atoms with van der Waals surface area (Å²) in [7, 11) is 0. The van der Waals surface area contributed by atoms with Crippen LogP contribution in [0.4, 0.5) is 31.9 Å². The van der Waals surface area contributed by atoms with E-state index in [9.17, 15) is 8.78 Å². The lowest BCUT2D eigenvalue weighted by Gasteiger charge is -2.22. The first-order valence-electron chi connectivity index (χ1n) is 7.83. The van der Waals surface area contributed by atoms with Crippen molar-refractivity contribution in [3.8, 4) is 0 Å². The molecule has 0 amide bonds. The molecule has 7 heteroatoms. The average Bonchev–Trinajstić information content (AvgIpc) is 2.59. The molecule has 1 aromatic heterocycles. The highest BCUT2D eigenvalue weighted by atomic mass is 19.1. The minimum absolute atomic E-state index is 0.0824. The van der Waals surface area contributed by atoms with Crippen molar-refractivity contribution in [3.63, 3.8) is 0 Å². The van der Waals surface area contributed by atoms with Gasteiger partial charge in [-0.25, -0.2) is 8.78 Å². The van der Waals surface area contributed by atoms with Gasteiger partial charge in [-0.1, -0.05) is 12.1 Å². The summed E-state index contributed by atoms with van der Waals surface area (Å²) in [5, 5.41) is 10.5. The molecular formula is C18H17F2N5. The van der Waals surface area contributed by atoms with Crippen LogP contribution in [0.3, 0.4) is 0 Å². The quantitative estimate of drug-likeness (QED) is 0.747. The molecule has 1 heterocycles. The lowest BCUT2D eigenvalue weighted by atomic mass is 10.2. The number of rotatable bonds is 5. The van der Waals surface area contributed by atoms with Gasteiger partial charge in [0.1, 0.15) is 11.6 Å².